The second kappa shape index (κ2) is 10.7. The van der Waals surface area contributed by atoms with E-state index in [1.165, 1.54) is 0 Å². The summed E-state index contributed by atoms with van der Waals surface area (Å²) in [5.41, 5.74) is 3.88. The molecule has 5 nitrogen and oxygen atoms in total. The third kappa shape index (κ3) is 5.63. The number of nitrogens with one attached hydrogen (secondary N) is 1. The quantitative estimate of drug-likeness (QED) is 0.283. The summed E-state index contributed by atoms with van der Waals surface area (Å²) >= 11 is 0. The summed E-state index contributed by atoms with van der Waals surface area (Å²) in [5, 5.41) is 25.9. The van der Waals surface area contributed by atoms with E-state index in [1.807, 2.05) is 72.8 Å². The third-order valence-corrected chi connectivity index (χ3v) is 5.76. The molecule has 34 heavy (non-hydrogen) atoms. The van der Waals surface area contributed by atoms with Gasteiger partial charge in [-0.1, -0.05) is 66.7 Å². The number of carboxylic acids is 1. The van der Waals surface area contributed by atoms with Crippen molar-refractivity contribution < 1.29 is 19.7 Å². The van der Waals surface area contributed by atoms with Gasteiger partial charge in [0.15, 0.2) is 0 Å². The second-order valence-corrected chi connectivity index (χ2v) is 8.10. The van der Waals surface area contributed by atoms with E-state index < -0.39 is 12.1 Å². The van der Waals surface area contributed by atoms with Crippen molar-refractivity contribution >= 4 is 28.5 Å². The number of fused-ring (bicyclic) bond motifs is 1. The molecule has 0 aliphatic heterocycles. The molecule has 1 atom stereocenters. The zero-order valence-electron chi connectivity index (χ0n) is 18.9. The fourth-order valence-electron chi connectivity index (χ4n) is 3.99. The Balaban J connectivity index is 1.61. The molecule has 0 aliphatic rings. The van der Waals surface area contributed by atoms with Crippen molar-refractivity contribution in [2.24, 2.45) is 0 Å². The number of hydrogen-bond donors (Lipinski definition) is 3. The molecule has 172 valence electrons. The van der Waals surface area contributed by atoms with Crippen molar-refractivity contribution in [3.8, 4) is 5.75 Å². The zero-order chi connectivity index (χ0) is 23.9. The summed E-state index contributed by atoms with van der Waals surface area (Å²) in [6, 6.07) is 28.4. The van der Waals surface area contributed by atoms with E-state index in [4.69, 9.17) is 4.74 Å². The van der Waals surface area contributed by atoms with Crippen LogP contribution in [0.3, 0.4) is 0 Å². The molecule has 3 N–H and O–H groups in total. The number of methoxy groups -OCH3 is 1. The summed E-state index contributed by atoms with van der Waals surface area (Å²) in [6.45, 7) is 0.510. The molecule has 4 aromatic carbocycles. The number of ether oxygens (including phenoxy) is 1. The first kappa shape index (κ1) is 23.1. The molecular weight excluding hydrogens is 426 g/mol. The summed E-state index contributed by atoms with van der Waals surface area (Å²) < 4.78 is 5.31. The van der Waals surface area contributed by atoms with Crippen LogP contribution >= 0.6 is 0 Å². The largest absolute Gasteiger partial charge is 0.497 e. The van der Waals surface area contributed by atoms with E-state index in [0.29, 0.717) is 13.0 Å². The average Bonchev–Trinajstić information content (AvgIpc) is 2.87. The fraction of sp³-hybridized carbons (Fsp3) is 0.138. The Kier molecular flexibility index (Phi) is 7.25. The molecule has 5 heteroatoms. The maximum absolute atomic E-state index is 11.2. The van der Waals surface area contributed by atoms with E-state index in [0.717, 1.165) is 38.9 Å². The maximum atomic E-state index is 11.2. The van der Waals surface area contributed by atoms with E-state index in [9.17, 15) is 15.0 Å². The molecule has 0 radical (unpaired) electrons. The molecular formula is C29H27NO4. The highest BCUT2D eigenvalue weighted by Crippen LogP contribution is 2.29. The Morgan fingerprint density at radius 1 is 0.971 bits per heavy atom. The van der Waals surface area contributed by atoms with Crippen molar-refractivity contribution in [2.45, 2.75) is 12.5 Å². The minimum Gasteiger partial charge on any atom is -0.497 e. The van der Waals surface area contributed by atoms with Gasteiger partial charge in [-0.2, -0.15) is 0 Å². The smallest absolute Gasteiger partial charge is 0.335 e. The molecule has 0 bridgehead atoms. The van der Waals surface area contributed by atoms with Crippen molar-refractivity contribution in [1.29, 1.82) is 0 Å². The summed E-state index contributed by atoms with van der Waals surface area (Å²) in [5.74, 6) is -0.197. The van der Waals surface area contributed by atoms with Gasteiger partial charge in [0, 0.05) is 24.7 Å². The van der Waals surface area contributed by atoms with E-state index in [1.54, 1.807) is 31.4 Å². The van der Waals surface area contributed by atoms with Crippen LogP contribution in [0.1, 0.15) is 34.0 Å². The van der Waals surface area contributed by atoms with Crippen LogP contribution in [0.2, 0.25) is 0 Å². The standard InChI is InChI=1S/C29H27NO4/c1-34-25-9-5-8-24(18-25)30-19-21(16-20-12-14-23(15-13-20)29(32)33)17-28(31)27-11-4-7-22-6-2-3-10-26(22)27/h2-16,18,28,30-31H,17,19H2,1H3,(H,32,33). The molecule has 1 unspecified atom stereocenters. The van der Waals surface area contributed by atoms with Gasteiger partial charge in [0.05, 0.1) is 18.8 Å². The average molecular weight is 454 g/mol. The minimum absolute atomic E-state index is 0.240. The van der Waals surface area contributed by atoms with E-state index >= 15 is 0 Å². The molecule has 0 aliphatic carbocycles. The van der Waals surface area contributed by atoms with E-state index in [2.05, 4.69) is 5.32 Å². The lowest BCUT2D eigenvalue weighted by Crippen LogP contribution is -2.09. The SMILES string of the molecule is COc1cccc(NCC(=Cc2ccc(C(=O)O)cc2)CC(O)c2cccc3ccccc23)c1. The number of rotatable bonds is 9. The molecule has 4 aromatic rings. The highest BCUT2D eigenvalue weighted by Gasteiger charge is 2.14. The number of aliphatic hydroxyl groups is 1. The van der Waals surface area contributed by atoms with Gasteiger partial charge >= 0.3 is 5.97 Å². The van der Waals surface area contributed by atoms with Crippen LogP contribution in [0.25, 0.3) is 16.8 Å². The Labute approximate surface area is 199 Å². The first-order valence-corrected chi connectivity index (χ1v) is 11.1. The van der Waals surface area contributed by atoms with Gasteiger partial charge in [0.25, 0.3) is 0 Å². The van der Waals surface area contributed by atoms with Crippen LogP contribution in [0.5, 0.6) is 5.75 Å². The van der Waals surface area contributed by atoms with Crippen molar-refractivity contribution in [3.05, 3.63) is 113 Å². The molecule has 0 saturated heterocycles. The lowest BCUT2D eigenvalue weighted by molar-refractivity contribution is 0.0697. The summed E-state index contributed by atoms with van der Waals surface area (Å²) in [6.07, 6.45) is 1.72. The highest BCUT2D eigenvalue weighted by molar-refractivity contribution is 5.88. The monoisotopic (exact) mass is 453 g/mol. The van der Waals surface area contributed by atoms with Gasteiger partial charge in [0.1, 0.15) is 5.75 Å². The number of carboxylic acid groups (broad SMARTS) is 1. The Morgan fingerprint density at radius 2 is 1.71 bits per heavy atom. The number of benzene rings is 4. The van der Waals surface area contributed by atoms with Crippen molar-refractivity contribution in [1.82, 2.24) is 0 Å². The number of hydrogen-bond acceptors (Lipinski definition) is 4. The lowest BCUT2D eigenvalue weighted by Gasteiger charge is -2.18. The highest BCUT2D eigenvalue weighted by atomic mass is 16.5. The molecule has 0 aromatic heterocycles. The molecule has 0 spiro atoms. The number of anilines is 1. The molecule has 0 amide bonds. The van der Waals surface area contributed by atoms with Gasteiger partial charge in [0.2, 0.25) is 0 Å². The van der Waals surface area contributed by atoms with Crippen LogP contribution in [0.15, 0.2) is 96.6 Å². The van der Waals surface area contributed by atoms with Crippen molar-refractivity contribution in [2.75, 3.05) is 19.0 Å². The second-order valence-electron chi connectivity index (χ2n) is 8.10. The topological polar surface area (TPSA) is 78.8 Å². The molecule has 0 fully saturated rings. The summed E-state index contributed by atoms with van der Waals surface area (Å²) in [4.78, 5) is 11.2. The van der Waals surface area contributed by atoms with Gasteiger partial charge < -0.3 is 20.3 Å². The predicted octanol–water partition coefficient (Wildman–Crippen LogP) is 6.17. The first-order valence-electron chi connectivity index (χ1n) is 11.1. The van der Waals surface area contributed by atoms with Gasteiger partial charge in [-0.05, 0) is 51.7 Å². The zero-order valence-corrected chi connectivity index (χ0v) is 18.9. The number of aliphatic hydroxyl groups excluding tert-OH is 1. The number of aromatic carboxylic acids is 1. The third-order valence-electron chi connectivity index (χ3n) is 5.76. The van der Waals surface area contributed by atoms with Crippen LogP contribution in [-0.2, 0) is 0 Å². The fourth-order valence-corrected chi connectivity index (χ4v) is 3.99. The van der Waals surface area contributed by atoms with Gasteiger partial charge in [-0.3, -0.25) is 0 Å². The van der Waals surface area contributed by atoms with Crippen LogP contribution in [0.4, 0.5) is 5.69 Å². The minimum atomic E-state index is -0.957. The molecule has 0 heterocycles. The van der Waals surface area contributed by atoms with Crippen molar-refractivity contribution in [3.63, 3.8) is 0 Å². The van der Waals surface area contributed by atoms with Gasteiger partial charge in [-0.25, -0.2) is 4.79 Å². The van der Waals surface area contributed by atoms with Crippen LogP contribution in [0, 0.1) is 0 Å². The Bertz CT molecular complexity index is 1310. The number of carbonyl (C=O) groups is 1. The molecule has 0 saturated carbocycles. The Morgan fingerprint density at radius 3 is 2.47 bits per heavy atom. The molecule has 4 rings (SSSR count). The lowest BCUT2D eigenvalue weighted by atomic mass is 9.95. The first-order chi connectivity index (χ1) is 16.5. The maximum Gasteiger partial charge on any atom is 0.335 e. The van der Waals surface area contributed by atoms with E-state index in [-0.39, 0.29) is 5.56 Å². The normalized spacial score (nSPS) is 12.4. The summed E-state index contributed by atoms with van der Waals surface area (Å²) in [7, 11) is 1.63. The predicted molar refractivity (Wildman–Crippen MR) is 136 cm³/mol. The Hall–Kier alpha value is -4.09. The van der Waals surface area contributed by atoms with Gasteiger partial charge in [-0.15, -0.1) is 0 Å². The van der Waals surface area contributed by atoms with Crippen LogP contribution < -0.4 is 10.1 Å². The van der Waals surface area contributed by atoms with Crippen LogP contribution in [-0.4, -0.2) is 29.8 Å².